The molecule has 0 fully saturated rings. The van der Waals surface area contributed by atoms with E-state index < -0.39 is 0 Å². The Kier molecular flexibility index (Phi) is 1.46. The Balaban J connectivity index is 2.41. The Morgan fingerprint density at radius 2 is 2.09 bits per heavy atom. The fraction of sp³-hybridized carbons (Fsp3) is 0.222. The third kappa shape index (κ3) is 1.04. The molecule has 0 saturated heterocycles. The number of ether oxygens (including phenoxy) is 2. The van der Waals surface area contributed by atoms with Gasteiger partial charge >= 0.3 is 0 Å². The van der Waals surface area contributed by atoms with Gasteiger partial charge in [-0.25, -0.2) is 0 Å². The Morgan fingerprint density at radius 1 is 1.27 bits per heavy atom. The van der Waals surface area contributed by atoms with E-state index in [1.54, 1.807) is 0 Å². The molecule has 0 aliphatic carbocycles. The SMILES string of the molecule is [CH]Cc1ccc2c(c1)OCO2. The van der Waals surface area contributed by atoms with Crippen molar-refractivity contribution in [3.05, 3.63) is 30.7 Å². The summed E-state index contributed by atoms with van der Waals surface area (Å²) < 4.78 is 10.3. The molecule has 0 spiro atoms. The molecule has 2 nitrogen and oxygen atoms in total. The summed E-state index contributed by atoms with van der Waals surface area (Å²) in [6.07, 6.45) is 0.538. The van der Waals surface area contributed by atoms with Crippen LogP contribution in [0.5, 0.6) is 11.5 Å². The normalized spacial score (nSPS) is 13.5. The highest BCUT2D eigenvalue weighted by Crippen LogP contribution is 2.32. The number of hydrogen-bond donors (Lipinski definition) is 0. The quantitative estimate of drug-likeness (QED) is 0.603. The molecule has 1 aliphatic rings. The molecule has 0 saturated carbocycles. The molecule has 0 N–H and O–H groups in total. The van der Waals surface area contributed by atoms with Crippen LogP contribution in [0.25, 0.3) is 0 Å². The van der Waals surface area contributed by atoms with E-state index in [1.807, 2.05) is 18.2 Å². The van der Waals surface area contributed by atoms with E-state index in [-0.39, 0.29) is 0 Å². The molecule has 0 amide bonds. The van der Waals surface area contributed by atoms with Crippen LogP contribution in [0.1, 0.15) is 5.56 Å². The summed E-state index contributed by atoms with van der Waals surface area (Å²) >= 11 is 0. The molecule has 0 atom stereocenters. The van der Waals surface area contributed by atoms with Crippen LogP contribution in [0.4, 0.5) is 0 Å². The zero-order valence-corrected chi connectivity index (χ0v) is 6.04. The summed E-state index contributed by atoms with van der Waals surface area (Å²) in [4.78, 5) is 0. The van der Waals surface area contributed by atoms with Gasteiger partial charge in [0.05, 0.1) is 0 Å². The number of rotatable bonds is 1. The van der Waals surface area contributed by atoms with Crippen molar-refractivity contribution in [2.24, 2.45) is 0 Å². The molecular formula is C9H8O2. The van der Waals surface area contributed by atoms with E-state index in [0.717, 1.165) is 17.1 Å². The molecule has 0 aromatic heterocycles. The van der Waals surface area contributed by atoms with Gasteiger partial charge in [0.1, 0.15) is 0 Å². The standard InChI is InChI=1S/C9H8O2/c1-2-7-3-4-8-9(5-7)11-6-10-8/h1,3-5H,2,6H2. The van der Waals surface area contributed by atoms with E-state index in [1.165, 1.54) is 0 Å². The Labute approximate surface area is 65.7 Å². The van der Waals surface area contributed by atoms with Gasteiger partial charge in [-0.2, -0.15) is 0 Å². The monoisotopic (exact) mass is 148 g/mol. The van der Waals surface area contributed by atoms with E-state index >= 15 is 0 Å². The second kappa shape index (κ2) is 2.46. The summed E-state index contributed by atoms with van der Waals surface area (Å²) in [7, 11) is 0. The minimum absolute atomic E-state index is 0.323. The van der Waals surface area contributed by atoms with Crippen LogP contribution in [-0.4, -0.2) is 6.79 Å². The van der Waals surface area contributed by atoms with Gasteiger partial charge in [0.2, 0.25) is 6.79 Å². The van der Waals surface area contributed by atoms with E-state index in [4.69, 9.17) is 16.4 Å². The predicted molar refractivity (Wildman–Crippen MR) is 40.6 cm³/mol. The van der Waals surface area contributed by atoms with Crippen molar-refractivity contribution in [1.82, 2.24) is 0 Å². The zero-order chi connectivity index (χ0) is 7.68. The molecular weight excluding hydrogens is 140 g/mol. The third-order valence-corrected chi connectivity index (χ3v) is 1.67. The van der Waals surface area contributed by atoms with Crippen molar-refractivity contribution in [2.75, 3.05) is 6.79 Å². The molecule has 2 heteroatoms. The number of hydrogen-bond acceptors (Lipinski definition) is 2. The summed E-state index contributed by atoms with van der Waals surface area (Å²) in [5, 5.41) is 0. The highest BCUT2D eigenvalue weighted by Gasteiger charge is 2.11. The first-order valence-electron chi connectivity index (χ1n) is 3.49. The minimum atomic E-state index is 0.323. The van der Waals surface area contributed by atoms with Crippen molar-refractivity contribution in [2.45, 2.75) is 6.42 Å². The fourth-order valence-corrected chi connectivity index (χ4v) is 1.07. The van der Waals surface area contributed by atoms with Crippen LogP contribution < -0.4 is 9.47 Å². The molecule has 1 aliphatic heterocycles. The lowest BCUT2D eigenvalue weighted by Crippen LogP contribution is -1.92. The Morgan fingerprint density at radius 3 is 2.91 bits per heavy atom. The van der Waals surface area contributed by atoms with Gasteiger partial charge in [-0.1, -0.05) is 6.07 Å². The van der Waals surface area contributed by atoms with Crippen molar-refractivity contribution in [1.29, 1.82) is 0 Å². The second-order valence-corrected chi connectivity index (χ2v) is 2.39. The lowest BCUT2D eigenvalue weighted by Gasteiger charge is -1.97. The Hall–Kier alpha value is -1.18. The van der Waals surface area contributed by atoms with Crippen molar-refractivity contribution < 1.29 is 9.47 Å². The Bertz CT molecular complexity index is 268. The summed E-state index contributed by atoms with van der Waals surface area (Å²) in [6.45, 7) is 5.77. The van der Waals surface area contributed by atoms with Crippen LogP contribution in [0.3, 0.4) is 0 Å². The van der Waals surface area contributed by atoms with Gasteiger partial charge in [-0.3, -0.25) is 0 Å². The topological polar surface area (TPSA) is 18.5 Å². The smallest absolute Gasteiger partial charge is 0.231 e. The largest absolute Gasteiger partial charge is 0.454 e. The van der Waals surface area contributed by atoms with Crippen LogP contribution in [0.15, 0.2) is 18.2 Å². The first-order valence-corrected chi connectivity index (χ1v) is 3.49. The van der Waals surface area contributed by atoms with Gasteiger partial charge < -0.3 is 9.47 Å². The maximum atomic E-state index is 5.45. The molecule has 2 radical (unpaired) electrons. The van der Waals surface area contributed by atoms with Crippen LogP contribution in [-0.2, 0) is 6.42 Å². The lowest BCUT2D eigenvalue weighted by atomic mass is 10.1. The van der Waals surface area contributed by atoms with E-state index in [0.29, 0.717) is 13.2 Å². The van der Waals surface area contributed by atoms with Crippen molar-refractivity contribution >= 4 is 0 Å². The second-order valence-electron chi connectivity index (χ2n) is 2.39. The number of fused-ring (bicyclic) bond motifs is 1. The van der Waals surface area contributed by atoms with E-state index in [9.17, 15) is 0 Å². The van der Waals surface area contributed by atoms with Gasteiger partial charge in [0, 0.05) is 0 Å². The fourth-order valence-electron chi connectivity index (χ4n) is 1.07. The van der Waals surface area contributed by atoms with Crippen LogP contribution in [0.2, 0.25) is 0 Å². The molecule has 0 bridgehead atoms. The van der Waals surface area contributed by atoms with Gasteiger partial charge in [0.15, 0.2) is 11.5 Å². The number of benzene rings is 1. The minimum Gasteiger partial charge on any atom is -0.454 e. The summed E-state index contributed by atoms with van der Waals surface area (Å²) in [6, 6.07) is 5.72. The van der Waals surface area contributed by atoms with Crippen molar-refractivity contribution in [3.63, 3.8) is 0 Å². The molecule has 1 aromatic rings. The van der Waals surface area contributed by atoms with E-state index in [2.05, 4.69) is 0 Å². The lowest BCUT2D eigenvalue weighted by molar-refractivity contribution is 0.174. The predicted octanol–water partition coefficient (Wildman–Crippen LogP) is 1.67. The van der Waals surface area contributed by atoms with Crippen LogP contribution >= 0.6 is 0 Å². The average Bonchev–Trinajstić information content (AvgIpc) is 2.50. The van der Waals surface area contributed by atoms with Gasteiger partial charge in [-0.15, -0.1) is 0 Å². The highest BCUT2D eigenvalue weighted by atomic mass is 16.7. The molecule has 1 aromatic carbocycles. The van der Waals surface area contributed by atoms with Gasteiger partial charge in [0.25, 0.3) is 0 Å². The molecule has 1 heterocycles. The zero-order valence-electron chi connectivity index (χ0n) is 6.04. The third-order valence-electron chi connectivity index (χ3n) is 1.67. The maximum Gasteiger partial charge on any atom is 0.231 e. The first kappa shape index (κ1) is 6.53. The molecule has 2 rings (SSSR count). The molecule has 56 valence electrons. The highest BCUT2D eigenvalue weighted by molar-refractivity contribution is 5.44. The summed E-state index contributed by atoms with van der Waals surface area (Å²) in [5.74, 6) is 1.61. The molecule has 0 unspecified atom stereocenters. The summed E-state index contributed by atoms with van der Waals surface area (Å²) in [5.41, 5.74) is 1.06. The van der Waals surface area contributed by atoms with Crippen molar-refractivity contribution in [3.8, 4) is 11.5 Å². The average molecular weight is 148 g/mol. The van der Waals surface area contributed by atoms with Gasteiger partial charge in [-0.05, 0) is 31.0 Å². The van der Waals surface area contributed by atoms with Crippen LogP contribution in [0, 0.1) is 6.92 Å². The maximum absolute atomic E-state index is 5.45. The first-order chi connectivity index (χ1) is 5.40. The molecule has 11 heavy (non-hydrogen) atoms.